The van der Waals surface area contributed by atoms with Crippen LogP contribution in [0.5, 0.6) is 5.88 Å². The molecule has 1 aliphatic heterocycles. The van der Waals surface area contributed by atoms with E-state index >= 15 is 0 Å². The van der Waals surface area contributed by atoms with Gasteiger partial charge in [0.2, 0.25) is 5.88 Å². The van der Waals surface area contributed by atoms with Crippen molar-refractivity contribution in [2.75, 3.05) is 6.61 Å². The molecule has 0 spiro atoms. The first-order valence-electron chi connectivity index (χ1n) is 8.71. The summed E-state index contributed by atoms with van der Waals surface area (Å²) in [6, 6.07) is 19.4. The maximum atomic E-state index is 9.18. The molecule has 0 saturated heterocycles. The van der Waals surface area contributed by atoms with Gasteiger partial charge in [0.1, 0.15) is 6.61 Å². The molecule has 0 unspecified atom stereocenters. The van der Waals surface area contributed by atoms with Gasteiger partial charge >= 0.3 is 0 Å². The van der Waals surface area contributed by atoms with Crippen molar-refractivity contribution < 1.29 is 9.47 Å². The zero-order chi connectivity index (χ0) is 18.6. The first-order valence-corrected chi connectivity index (χ1v) is 9.09. The standard InChI is InChI=1S/C22H17ClN2O2/c23-20-7-6-17-11-19(20)13-26-9-8-16-10-15(12-24)4-5-18(16)14-27-22-3-1-2-21(17)25-22/h1-7,10-11H,8-9,13-14H2. The Morgan fingerprint density at radius 1 is 0.963 bits per heavy atom. The summed E-state index contributed by atoms with van der Waals surface area (Å²) >= 11 is 6.33. The van der Waals surface area contributed by atoms with E-state index in [0.29, 0.717) is 42.7 Å². The zero-order valence-electron chi connectivity index (χ0n) is 14.6. The van der Waals surface area contributed by atoms with E-state index < -0.39 is 0 Å². The van der Waals surface area contributed by atoms with Crippen LogP contribution in [0.3, 0.4) is 0 Å². The van der Waals surface area contributed by atoms with Gasteiger partial charge in [0, 0.05) is 16.7 Å². The minimum atomic E-state index is 0.392. The summed E-state index contributed by atoms with van der Waals surface area (Å²) in [5.74, 6) is 0.563. The van der Waals surface area contributed by atoms with Gasteiger partial charge in [-0.3, -0.25) is 0 Å². The molecule has 4 nitrogen and oxygen atoms in total. The van der Waals surface area contributed by atoms with Gasteiger partial charge in [-0.25, -0.2) is 4.98 Å². The van der Waals surface area contributed by atoms with Gasteiger partial charge in [-0.2, -0.15) is 5.26 Å². The van der Waals surface area contributed by atoms with E-state index in [1.165, 1.54) is 0 Å². The molecule has 0 atom stereocenters. The lowest BCUT2D eigenvalue weighted by Crippen LogP contribution is -2.06. The highest BCUT2D eigenvalue weighted by atomic mass is 35.5. The molecule has 0 radical (unpaired) electrons. The van der Waals surface area contributed by atoms with E-state index in [1.807, 2.05) is 48.5 Å². The Morgan fingerprint density at radius 2 is 1.89 bits per heavy atom. The van der Waals surface area contributed by atoms with Gasteiger partial charge in [0.15, 0.2) is 0 Å². The highest BCUT2D eigenvalue weighted by molar-refractivity contribution is 6.31. The van der Waals surface area contributed by atoms with Gasteiger partial charge in [-0.05, 0) is 53.4 Å². The van der Waals surface area contributed by atoms with E-state index in [1.54, 1.807) is 6.07 Å². The van der Waals surface area contributed by atoms with Gasteiger partial charge in [0.25, 0.3) is 0 Å². The van der Waals surface area contributed by atoms with Crippen molar-refractivity contribution in [3.8, 4) is 23.2 Å². The minimum Gasteiger partial charge on any atom is -0.473 e. The molecule has 1 aliphatic rings. The molecular weight excluding hydrogens is 360 g/mol. The number of nitriles is 1. The lowest BCUT2D eigenvalue weighted by atomic mass is 10.0. The molecular formula is C22H17ClN2O2. The molecule has 2 aromatic carbocycles. The average Bonchev–Trinajstić information content (AvgIpc) is 2.71. The molecule has 0 aliphatic carbocycles. The second-order valence-corrected chi connectivity index (χ2v) is 6.76. The fourth-order valence-corrected chi connectivity index (χ4v) is 3.26. The summed E-state index contributed by atoms with van der Waals surface area (Å²) in [7, 11) is 0. The van der Waals surface area contributed by atoms with Crippen molar-refractivity contribution in [1.29, 1.82) is 5.26 Å². The summed E-state index contributed by atoms with van der Waals surface area (Å²) in [6.45, 7) is 1.35. The van der Waals surface area contributed by atoms with Crippen LogP contribution in [-0.4, -0.2) is 11.6 Å². The average molecular weight is 377 g/mol. The number of benzene rings is 2. The second-order valence-electron chi connectivity index (χ2n) is 6.35. The highest BCUT2D eigenvalue weighted by Gasteiger charge is 2.10. The number of halogens is 1. The van der Waals surface area contributed by atoms with Crippen LogP contribution in [0.1, 0.15) is 22.3 Å². The lowest BCUT2D eigenvalue weighted by Gasteiger charge is -2.14. The molecule has 3 aromatic rings. The smallest absolute Gasteiger partial charge is 0.214 e. The molecule has 4 bridgehead atoms. The Morgan fingerprint density at radius 3 is 2.78 bits per heavy atom. The highest BCUT2D eigenvalue weighted by Crippen LogP contribution is 2.27. The summed E-state index contributed by atoms with van der Waals surface area (Å²) in [4.78, 5) is 4.61. The molecule has 2 heterocycles. The third-order valence-corrected chi connectivity index (χ3v) is 4.92. The quantitative estimate of drug-likeness (QED) is 0.558. The number of hydrogen-bond acceptors (Lipinski definition) is 4. The fraction of sp³-hybridized carbons (Fsp3) is 0.182. The minimum absolute atomic E-state index is 0.392. The summed E-state index contributed by atoms with van der Waals surface area (Å²) in [5.41, 5.74) is 5.42. The number of aromatic nitrogens is 1. The van der Waals surface area contributed by atoms with Crippen LogP contribution in [0.2, 0.25) is 5.02 Å². The van der Waals surface area contributed by atoms with E-state index in [-0.39, 0.29) is 0 Å². The van der Waals surface area contributed by atoms with Crippen molar-refractivity contribution in [2.24, 2.45) is 0 Å². The molecule has 0 amide bonds. The van der Waals surface area contributed by atoms with E-state index in [4.69, 9.17) is 21.1 Å². The van der Waals surface area contributed by atoms with E-state index in [0.717, 1.165) is 27.9 Å². The molecule has 27 heavy (non-hydrogen) atoms. The molecule has 4 rings (SSSR count). The molecule has 0 fully saturated rings. The Kier molecular flexibility index (Phi) is 5.06. The van der Waals surface area contributed by atoms with E-state index in [2.05, 4.69) is 11.1 Å². The fourth-order valence-electron chi connectivity index (χ4n) is 3.09. The van der Waals surface area contributed by atoms with Crippen molar-refractivity contribution in [2.45, 2.75) is 19.6 Å². The van der Waals surface area contributed by atoms with Crippen molar-refractivity contribution in [3.05, 3.63) is 81.9 Å². The molecule has 0 N–H and O–H groups in total. The van der Waals surface area contributed by atoms with Crippen LogP contribution in [0.25, 0.3) is 11.3 Å². The Balaban J connectivity index is 1.73. The first-order chi connectivity index (χ1) is 13.2. The summed E-state index contributed by atoms with van der Waals surface area (Å²) < 4.78 is 11.8. The van der Waals surface area contributed by atoms with Gasteiger partial charge in [-0.1, -0.05) is 29.8 Å². The van der Waals surface area contributed by atoms with Crippen molar-refractivity contribution >= 4 is 11.6 Å². The van der Waals surface area contributed by atoms with Crippen LogP contribution >= 0.6 is 11.6 Å². The number of pyridine rings is 1. The Bertz CT molecular complexity index is 1030. The SMILES string of the molecule is N#Cc1ccc2c(c1)CCOCc1cc(ccc1Cl)-c1cccc(n1)OC2. The molecule has 1 aromatic heterocycles. The maximum absolute atomic E-state index is 9.18. The predicted molar refractivity (Wildman–Crippen MR) is 104 cm³/mol. The maximum Gasteiger partial charge on any atom is 0.214 e. The van der Waals surface area contributed by atoms with Gasteiger partial charge < -0.3 is 9.47 Å². The van der Waals surface area contributed by atoms with Crippen LogP contribution in [-0.2, 0) is 24.4 Å². The Hall–Kier alpha value is -2.87. The number of nitrogens with zero attached hydrogens (tertiary/aromatic N) is 2. The van der Waals surface area contributed by atoms with Crippen molar-refractivity contribution in [3.63, 3.8) is 0 Å². The number of rotatable bonds is 0. The van der Waals surface area contributed by atoms with Crippen LogP contribution < -0.4 is 4.74 Å². The molecule has 134 valence electrons. The monoisotopic (exact) mass is 376 g/mol. The normalized spacial score (nSPS) is 13.6. The molecule has 5 heteroatoms. The summed E-state index contributed by atoms with van der Waals surface area (Å²) in [5, 5.41) is 9.85. The third kappa shape index (κ3) is 3.95. The van der Waals surface area contributed by atoms with Crippen molar-refractivity contribution in [1.82, 2.24) is 4.98 Å². The zero-order valence-corrected chi connectivity index (χ0v) is 15.4. The number of hydrogen-bond donors (Lipinski definition) is 0. The van der Waals surface area contributed by atoms with Crippen LogP contribution in [0.15, 0.2) is 54.6 Å². The third-order valence-electron chi connectivity index (χ3n) is 4.55. The number of fused-ring (bicyclic) bond motifs is 6. The predicted octanol–water partition coefficient (Wildman–Crippen LogP) is 4.93. The van der Waals surface area contributed by atoms with Gasteiger partial charge in [-0.15, -0.1) is 0 Å². The number of ether oxygens (including phenoxy) is 2. The van der Waals surface area contributed by atoms with Crippen LogP contribution in [0, 0.1) is 11.3 Å². The summed E-state index contributed by atoms with van der Waals surface area (Å²) in [6.07, 6.45) is 0.693. The molecule has 0 saturated carbocycles. The second kappa shape index (κ2) is 7.79. The van der Waals surface area contributed by atoms with Gasteiger partial charge in [0.05, 0.1) is 30.5 Å². The Labute approximate surface area is 163 Å². The lowest BCUT2D eigenvalue weighted by molar-refractivity contribution is 0.123. The topological polar surface area (TPSA) is 55.1 Å². The largest absolute Gasteiger partial charge is 0.473 e. The van der Waals surface area contributed by atoms with E-state index in [9.17, 15) is 5.26 Å². The first kappa shape index (κ1) is 17.5. The van der Waals surface area contributed by atoms with Crippen LogP contribution in [0.4, 0.5) is 0 Å².